The third kappa shape index (κ3) is 4.34. The van der Waals surface area contributed by atoms with E-state index in [2.05, 4.69) is 4.98 Å². The molecule has 2 rings (SSSR count). The van der Waals surface area contributed by atoms with Crippen molar-refractivity contribution in [3.8, 4) is 11.5 Å². The van der Waals surface area contributed by atoms with Crippen LogP contribution in [-0.4, -0.2) is 18.1 Å². The normalized spacial score (nSPS) is 12.0. The van der Waals surface area contributed by atoms with Crippen LogP contribution in [0.1, 0.15) is 18.1 Å². The largest absolute Gasteiger partial charge is 0.493 e. The zero-order valence-electron chi connectivity index (χ0n) is 12.2. The van der Waals surface area contributed by atoms with Crippen molar-refractivity contribution in [2.24, 2.45) is 5.73 Å². The van der Waals surface area contributed by atoms with Gasteiger partial charge in [0.15, 0.2) is 11.5 Å². The molecule has 5 heteroatoms. The fourth-order valence-electron chi connectivity index (χ4n) is 2.04. The van der Waals surface area contributed by atoms with Crippen LogP contribution in [-0.2, 0) is 13.0 Å². The van der Waals surface area contributed by atoms with Gasteiger partial charge >= 0.3 is 0 Å². The molecule has 2 N–H and O–H groups in total. The summed E-state index contributed by atoms with van der Waals surface area (Å²) in [5.41, 5.74) is 7.86. The van der Waals surface area contributed by atoms with Gasteiger partial charge < -0.3 is 15.2 Å². The van der Waals surface area contributed by atoms with Crippen molar-refractivity contribution >= 4 is 11.6 Å². The SMILES string of the molecule is COc1cc(CC(C)N)cc(Cl)c1OCc1ccncc1. The number of benzene rings is 1. The Morgan fingerprint density at radius 1 is 1.24 bits per heavy atom. The minimum atomic E-state index is 0.0642. The second-order valence-electron chi connectivity index (χ2n) is 4.93. The highest BCUT2D eigenvalue weighted by Crippen LogP contribution is 2.37. The van der Waals surface area contributed by atoms with Crippen molar-refractivity contribution in [2.45, 2.75) is 26.0 Å². The second kappa shape index (κ2) is 7.29. The number of nitrogens with zero attached hydrogens (tertiary/aromatic N) is 1. The maximum atomic E-state index is 6.30. The molecule has 4 nitrogen and oxygen atoms in total. The Kier molecular flexibility index (Phi) is 5.42. The number of ether oxygens (including phenoxy) is 2. The molecular weight excluding hydrogens is 288 g/mol. The number of pyridine rings is 1. The number of rotatable bonds is 6. The first-order valence-corrected chi connectivity index (χ1v) is 7.11. The van der Waals surface area contributed by atoms with Gasteiger partial charge in [0.05, 0.1) is 12.1 Å². The topological polar surface area (TPSA) is 57.4 Å². The molecule has 1 aromatic heterocycles. The predicted octanol–water partition coefficient (Wildman–Crippen LogP) is 3.21. The van der Waals surface area contributed by atoms with Gasteiger partial charge in [-0.05, 0) is 48.7 Å². The Morgan fingerprint density at radius 3 is 2.57 bits per heavy atom. The smallest absolute Gasteiger partial charge is 0.180 e. The molecule has 112 valence electrons. The molecule has 0 amide bonds. The van der Waals surface area contributed by atoms with E-state index in [1.165, 1.54) is 0 Å². The number of hydrogen-bond acceptors (Lipinski definition) is 4. The summed E-state index contributed by atoms with van der Waals surface area (Å²) in [6, 6.07) is 7.64. The molecule has 1 unspecified atom stereocenters. The van der Waals surface area contributed by atoms with E-state index in [0.29, 0.717) is 23.1 Å². The standard InChI is InChI=1S/C16H19ClN2O2/c1-11(18)7-13-8-14(17)16(15(9-13)20-2)21-10-12-3-5-19-6-4-12/h3-6,8-9,11H,7,10,18H2,1-2H3. The van der Waals surface area contributed by atoms with Crippen LogP contribution in [0, 0.1) is 0 Å². The van der Waals surface area contributed by atoms with E-state index in [9.17, 15) is 0 Å². The highest BCUT2D eigenvalue weighted by atomic mass is 35.5. The number of methoxy groups -OCH3 is 1. The highest BCUT2D eigenvalue weighted by Gasteiger charge is 2.13. The van der Waals surface area contributed by atoms with Gasteiger partial charge in [-0.1, -0.05) is 11.6 Å². The summed E-state index contributed by atoms with van der Waals surface area (Å²) in [6.07, 6.45) is 4.19. The van der Waals surface area contributed by atoms with Gasteiger partial charge in [-0.15, -0.1) is 0 Å². The van der Waals surface area contributed by atoms with E-state index in [1.807, 2.05) is 31.2 Å². The Balaban J connectivity index is 2.18. The molecule has 0 spiro atoms. The van der Waals surface area contributed by atoms with Crippen LogP contribution in [0.2, 0.25) is 5.02 Å². The average Bonchev–Trinajstić information content (AvgIpc) is 2.46. The van der Waals surface area contributed by atoms with E-state index in [1.54, 1.807) is 19.5 Å². The Hall–Kier alpha value is -1.78. The summed E-state index contributed by atoms with van der Waals surface area (Å²) < 4.78 is 11.2. The summed E-state index contributed by atoms with van der Waals surface area (Å²) in [5, 5.41) is 0.527. The Morgan fingerprint density at radius 2 is 1.95 bits per heavy atom. The van der Waals surface area contributed by atoms with Gasteiger partial charge in [0, 0.05) is 18.4 Å². The molecule has 2 aromatic rings. The summed E-state index contributed by atoms with van der Waals surface area (Å²) >= 11 is 6.30. The molecule has 0 fully saturated rings. The molecular formula is C16H19ClN2O2. The van der Waals surface area contributed by atoms with E-state index < -0.39 is 0 Å². The van der Waals surface area contributed by atoms with E-state index in [-0.39, 0.29) is 6.04 Å². The lowest BCUT2D eigenvalue weighted by atomic mass is 10.1. The molecule has 1 aromatic carbocycles. The lowest BCUT2D eigenvalue weighted by molar-refractivity contribution is 0.284. The van der Waals surface area contributed by atoms with Crippen LogP contribution in [0.15, 0.2) is 36.7 Å². The van der Waals surface area contributed by atoms with Gasteiger partial charge in [0.25, 0.3) is 0 Å². The fourth-order valence-corrected chi connectivity index (χ4v) is 2.33. The monoisotopic (exact) mass is 306 g/mol. The van der Waals surface area contributed by atoms with E-state index in [0.717, 1.165) is 17.5 Å². The van der Waals surface area contributed by atoms with Crippen LogP contribution < -0.4 is 15.2 Å². The predicted molar refractivity (Wildman–Crippen MR) is 83.9 cm³/mol. The first kappa shape index (κ1) is 15.6. The molecule has 21 heavy (non-hydrogen) atoms. The quantitative estimate of drug-likeness (QED) is 0.890. The minimum absolute atomic E-state index is 0.0642. The van der Waals surface area contributed by atoms with Crippen LogP contribution in [0.25, 0.3) is 0 Å². The lowest BCUT2D eigenvalue weighted by Crippen LogP contribution is -2.17. The first-order chi connectivity index (χ1) is 10.1. The first-order valence-electron chi connectivity index (χ1n) is 6.74. The number of aromatic nitrogens is 1. The number of halogens is 1. The molecule has 0 saturated heterocycles. The van der Waals surface area contributed by atoms with E-state index >= 15 is 0 Å². The van der Waals surface area contributed by atoms with Crippen molar-refractivity contribution in [1.82, 2.24) is 4.98 Å². The van der Waals surface area contributed by atoms with Crippen molar-refractivity contribution in [1.29, 1.82) is 0 Å². The molecule has 1 heterocycles. The molecule has 0 bridgehead atoms. The van der Waals surface area contributed by atoms with Crippen LogP contribution in [0.5, 0.6) is 11.5 Å². The van der Waals surface area contributed by atoms with Crippen LogP contribution in [0.3, 0.4) is 0 Å². The summed E-state index contributed by atoms with van der Waals surface area (Å²) in [7, 11) is 1.60. The minimum Gasteiger partial charge on any atom is -0.493 e. The summed E-state index contributed by atoms with van der Waals surface area (Å²) in [6.45, 7) is 2.36. The van der Waals surface area contributed by atoms with Gasteiger partial charge in [-0.3, -0.25) is 4.98 Å². The second-order valence-corrected chi connectivity index (χ2v) is 5.34. The maximum absolute atomic E-state index is 6.30. The van der Waals surface area contributed by atoms with E-state index in [4.69, 9.17) is 26.8 Å². The highest BCUT2D eigenvalue weighted by molar-refractivity contribution is 6.32. The summed E-state index contributed by atoms with van der Waals surface area (Å²) in [5.74, 6) is 1.16. The van der Waals surface area contributed by atoms with Gasteiger partial charge in [0.2, 0.25) is 0 Å². The third-order valence-corrected chi connectivity index (χ3v) is 3.26. The maximum Gasteiger partial charge on any atom is 0.180 e. The lowest BCUT2D eigenvalue weighted by Gasteiger charge is -2.15. The summed E-state index contributed by atoms with van der Waals surface area (Å²) in [4.78, 5) is 3.97. The van der Waals surface area contributed by atoms with Crippen molar-refractivity contribution < 1.29 is 9.47 Å². The van der Waals surface area contributed by atoms with Gasteiger partial charge in [0.1, 0.15) is 6.61 Å². The van der Waals surface area contributed by atoms with Crippen LogP contribution >= 0.6 is 11.6 Å². The van der Waals surface area contributed by atoms with Crippen molar-refractivity contribution in [3.63, 3.8) is 0 Å². The number of hydrogen-bond donors (Lipinski definition) is 1. The fraction of sp³-hybridized carbons (Fsp3) is 0.312. The molecule has 0 radical (unpaired) electrons. The number of nitrogens with two attached hydrogens (primary N) is 1. The molecule has 0 aliphatic rings. The van der Waals surface area contributed by atoms with Crippen LogP contribution in [0.4, 0.5) is 0 Å². The van der Waals surface area contributed by atoms with Gasteiger partial charge in [-0.25, -0.2) is 0 Å². The Labute approximate surface area is 129 Å². The zero-order chi connectivity index (χ0) is 15.2. The molecule has 0 aliphatic carbocycles. The molecule has 0 saturated carbocycles. The van der Waals surface area contributed by atoms with Crippen molar-refractivity contribution in [3.05, 3.63) is 52.8 Å². The Bertz CT molecular complexity index is 588. The third-order valence-electron chi connectivity index (χ3n) is 2.98. The zero-order valence-corrected chi connectivity index (χ0v) is 12.9. The average molecular weight is 307 g/mol. The van der Waals surface area contributed by atoms with Gasteiger partial charge in [-0.2, -0.15) is 0 Å². The molecule has 1 atom stereocenters. The molecule has 0 aliphatic heterocycles. The van der Waals surface area contributed by atoms with Crippen molar-refractivity contribution in [2.75, 3.05) is 7.11 Å².